The summed E-state index contributed by atoms with van der Waals surface area (Å²) in [5, 5.41) is 11.6. The van der Waals surface area contributed by atoms with Crippen LogP contribution in [0.1, 0.15) is 12.8 Å². The van der Waals surface area contributed by atoms with E-state index in [1.165, 1.54) is 0 Å². The summed E-state index contributed by atoms with van der Waals surface area (Å²) in [7, 11) is 1.64. The minimum absolute atomic E-state index is 0.280. The number of hydrogen-bond donors (Lipinski definition) is 2. The molecule has 4 rings (SSSR count). The number of rotatable bonds is 4. The number of nitrogens with two attached hydrogens (primary N) is 1. The van der Waals surface area contributed by atoms with Gasteiger partial charge in [-0.3, -0.25) is 0 Å². The quantitative estimate of drug-likeness (QED) is 0.744. The van der Waals surface area contributed by atoms with E-state index in [9.17, 15) is 0 Å². The molecule has 0 radical (unpaired) electrons. The van der Waals surface area contributed by atoms with Gasteiger partial charge in [0.25, 0.3) is 0 Å². The predicted octanol–water partition coefficient (Wildman–Crippen LogP) is 1.12. The molecule has 118 valence electrons. The van der Waals surface area contributed by atoms with Crippen LogP contribution in [0, 0.1) is 0 Å². The summed E-state index contributed by atoms with van der Waals surface area (Å²) in [6.07, 6.45) is 3.56. The molecule has 1 aliphatic rings. The van der Waals surface area contributed by atoms with Gasteiger partial charge in [-0.15, -0.1) is 5.10 Å². The first-order chi connectivity index (χ1) is 11.2. The van der Waals surface area contributed by atoms with Crippen LogP contribution in [0.2, 0.25) is 0 Å². The Hall–Kier alpha value is -2.74. The van der Waals surface area contributed by atoms with Crippen LogP contribution in [0.15, 0.2) is 30.5 Å². The first kappa shape index (κ1) is 13.9. The van der Waals surface area contributed by atoms with Gasteiger partial charge in [0.05, 0.1) is 19.0 Å². The third-order valence-corrected chi connectivity index (χ3v) is 4.02. The van der Waals surface area contributed by atoms with E-state index < -0.39 is 0 Å². The van der Waals surface area contributed by atoms with Gasteiger partial charge < -0.3 is 15.8 Å². The molecule has 1 aliphatic carbocycles. The molecule has 0 atom stereocenters. The Morgan fingerprint density at radius 3 is 2.74 bits per heavy atom. The molecule has 23 heavy (non-hydrogen) atoms. The molecule has 1 saturated carbocycles. The van der Waals surface area contributed by atoms with Crippen LogP contribution in [-0.4, -0.2) is 44.2 Å². The summed E-state index contributed by atoms with van der Waals surface area (Å²) in [6, 6.07) is 8.19. The second kappa shape index (κ2) is 5.47. The minimum atomic E-state index is 0.280. The first-order valence-corrected chi connectivity index (χ1v) is 7.48. The molecule has 0 saturated heterocycles. The maximum absolute atomic E-state index is 5.81. The van der Waals surface area contributed by atoms with Crippen LogP contribution in [0.3, 0.4) is 0 Å². The SMILES string of the molecule is COc1ccc(-n2nnc3cnc(N[C@H]4C[C@H](N)C4)nc32)cc1. The summed E-state index contributed by atoms with van der Waals surface area (Å²) in [5.74, 6) is 1.36. The van der Waals surface area contributed by atoms with Gasteiger partial charge in [-0.1, -0.05) is 5.21 Å². The number of anilines is 1. The third-order valence-electron chi connectivity index (χ3n) is 4.02. The van der Waals surface area contributed by atoms with Crippen molar-refractivity contribution in [1.82, 2.24) is 25.0 Å². The van der Waals surface area contributed by atoms with Crippen LogP contribution in [0.4, 0.5) is 5.95 Å². The number of aromatic nitrogens is 5. The van der Waals surface area contributed by atoms with E-state index in [1.54, 1.807) is 18.0 Å². The Morgan fingerprint density at radius 1 is 1.26 bits per heavy atom. The predicted molar refractivity (Wildman–Crippen MR) is 85.6 cm³/mol. The summed E-state index contributed by atoms with van der Waals surface area (Å²) in [6.45, 7) is 0. The Kier molecular flexibility index (Phi) is 3.30. The molecule has 0 bridgehead atoms. The largest absolute Gasteiger partial charge is 0.497 e. The summed E-state index contributed by atoms with van der Waals surface area (Å²) < 4.78 is 6.86. The van der Waals surface area contributed by atoms with Gasteiger partial charge in [-0.2, -0.15) is 9.67 Å². The highest BCUT2D eigenvalue weighted by atomic mass is 16.5. The minimum Gasteiger partial charge on any atom is -0.497 e. The number of nitrogens with one attached hydrogen (secondary N) is 1. The maximum atomic E-state index is 5.81. The van der Waals surface area contributed by atoms with Crippen molar-refractivity contribution in [1.29, 1.82) is 0 Å². The molecular weight excluding hydrogens is 294 g/mol. The first-order valence-electron chi connectivity index (χ1n) is 7.48. The second-order valence-corrected chi connectivity index (χ2v) is 5.67. The molecule has 0 unspecified atom stereocenters. The Morgan fingerprint density at radius 2 is 2.04 bits per heavy atom. The highest BCUT2D eigenvalue weighted by molar-refractivity contribution is 5.72. The monoisotopic (exact) mass is 311 g/mol. The number of hydrogen-bond acceptors (Lipinski definition) is 7. The van der Waals surface area contributed by atoms with Gasteiger partial charge in [0.15, 0.2) is 11.2 Å². The van der Waals surface area contributed by atoms with E-state index in [0.717, 1.165) is 24.3 Å². The van der Waals surface area contributed by atoms with Gasteiger partial charge in [0.1, 0.15) is 5.75 Å². The van der Waals surface area contributed by atoms with Crippen LogP contribution in [0.5, 0.6) is 5.75 Å². The maximum Gasteiger partial charge on any atom is 0.225 e. The lowest BCUT2D eigenvalue weighted by Crippen LogP contribution is -2.44. The molecule has 8 nitrogen and oxygen atoms in total. The Labute approximate surface area is 132 Å². The Balaban J connectivity index is 1.66. The van der Waals surface area contributed by atoms with E-state index in [2.05, 4.69) is 25.6 Å². The lowest BCUT2D eigenvalue weighted by atomic mass is 9.88. The van der Waals surface area contributed by atoms with Crippen LogP contribution in [-0.2, 0) is 0 Å². The number of methoxy groups -OCH3 is 1. The van der Waals surface area contributed by atoms with Gasteiger partial charge in [-0.05, 0) is 37.1 Å². The van der Waals surface area contributed by atoms with Gasteiger partial charge >= 0.3 is 0 Å². The molecule has 2 aromatic heterocycles. The van der Waals surface area contributed by atoms with E-state index in [-0.39, 0.29) is 6.04 Å². The van der Waals surface area contributed by atoms with Crippen molar-refractivity contribution in [3.05, 3.63) is 30.5 Å². The summed E-state index contributed by atoms with van der Waals surface area (Å²) in [5.41, 5.74) is 7.98. The fourth-order valence-electron chi connectivity index (χ4n) is 2.66. The topological polar surface area (TPSA) is 104 Å². The van der Waals surface area contributed by atoms with Gasteiger partial charge in [0, 0.05) is 12.1 Å². The van der Waals surface area contributed by atoms with E-state index in [1.807, 2.05) is 24.3 Å². The fourth-order valence-corrected chi connectivity index (χ4v) is 2.66. The average molecular weight is 311 g/mol. The molecule has 0 spiro atoms. The summed E-state index contributed by atoms with van der Waals surface area (Å²) >= 11 is 0. The molecule has 8 heteroatoms. The lowest BCUT2D eigenvalue weighted by Gasteiger charge is -2.32. The number of ether oxygens (including phenoxy) is 1. The number of fused-ring (bicyclic) bond motifs is 1. The van der Waals surface area contributed by atoms with Crippen molar-refractivity contribution in [2.45, 2.75) is 24.9 Å². The molecule has 0 amide bonds. The molecule has 3 aromatic rings. The molecular formula is C15H17N7O. The summed E-state index contributed by atoms with van der Waals surface area (Å²) in [4.78, 5) is 8.83. The zero-order chi connectivity index (χ0) is 15.8. The zero-order valence-corrected chi connectivity index (χ0v) is 12.7. The normalized spacial score (nSPS) is 20.3. The smallest absolute Gasteiger partial charge is 0.225 e. The van der Waals surface area contributed by atoms with E-state index in [4.69, 9.17) is 10.5 Å². The third kappa shape index (κ3) is 2.57. The number of benzene rings is 1. The van der Waals surface area contributed by atoms with E-state index >= 15 is 0 Å². The van der Waals surface area contributed by atoms with Crippen LogP contribution < -0.4 is 15.8 Å². The van der Waals surface area contributed by atoms with Crippen molar-refractivity contribution in [3.8, 4) is 11.4 Å². The fraction of sp³-hybridized carbons (Fsp3) is 0.333. The van der Waals surface area contributed by atoms with Gasteiger partial charge in [-0.25, -0.2) is 4.98 Å². The highest BCUT2D eigenvalue weighted by Gasteiger charge is 2.26. The number of nitrogens with zero attached hydrogens (tertiary/aromatic N) is 5. The Bertz CT molecular complexity index is 823. The lowest BCUT2D eigenvalue weighted by molar-refractivity contribution is 0.372. The highest BCUT2D eigenvalue weighted by Crippen LogP contribution is 2.22. The van der Waals surface area contributed by atoms with Crippen LogP contribution in [0.25, 0.3) is 16.9 Å². The zero-order valence-electron chi connectivity index (χ0n) is 12.7. The molecule has 1 fully saturated rings. The van der Waals surface area contributed by atoms with Crippen molar-refractivity contribution >= 4 is 17.1 Å². The molecule has 3 N–H and O–H groups in total. The van der Waals surface area contributed by atoms with Crippen molar-refractivity contribution < 1.29 is 4.74 Å². The van der Waals surface area contributed by atoms with Crippen molar-refractivity contribution in [3.63, 3.8) is 0 Å². The van der Waals surface area contributed by atoms with Crippen LogP contribution >= 0.6 is 0 Å². The van der Waals surface area contributed by atoms with Gasteiger partial charge in [0.2, 0.25) is 5.95 Å². The van der Waals surface area contributed by atoms with E-state index in [0.29, 0.717) is 23.2 Å². The molecule has 1 aromatic carbocycles. The van der Waals surface area contributed by atoms with Crippen molar-refractivity contribution in [2.24, 2.45) is 5.73 Å². The molecule has 0 aliphatic heterocycles. The average Bonchev–Trinajstić information content (AvgIpc) is 2.97. The van der Waals surface area contributed by atoms with Crippen molar-refractivity contribution in [2.75, 3.05) is 12.4 Å². The standard InChI is InChI=1S/C15H17N7O/c1-23-12-4-2-11(3-5-12)22-14-13(20-21-22)8-17-15(19-14)18-10-6-9(16)7-10/h2-5,8-10H,6-7,16H2,1H3,(H,17,18,19)/t9-,10-. The molecule has 2 heterocycles. The second-order valence-electron chi connectivity index (χ2n) is 5.67.